The van der Waals surface area contributed by atoms with Crippen LogP contribution in [0, 0.1) is 5.82 Å². The van der Waals surface area contributed by atoms with Crippen LogP contribution in [0.5, 0.6) is 0 Å². The van der Waals surface area contributed by atoms with Gasteiger partial charge in [0.1, 0.15) is 17.3 Å². The van der Waals surface area contributed by atoms with E-state index >= 15 is 0 Å². The van der Waals surface area contributed by atoms with Crippen molar-refractivity contribution in [2.45, 2.75) is 0 Å². The van der Waals surface area contributed by atoms with Crippen molar-refractivity contribution in [1.29, 1.82) is 0 Å². The minimum atomic E-state index is -0.360. The summed E-state index contributed by atoms with van der Waals surface area (Å²) in [7, 11) is 3.95. The highest BCUT2D eigenvalue weighted by Crippen LogP contribution is 2.30. The van der Waals surface area contributed by atoms with Crippen molar-refractivity contribution in [3.63, 3.8) is 0 Å². The molecular formula is C24H19BrFN3O. The molecule has 0 radical (unpaired) electrons. The Morgan fingerprint density at radius 2 is 1.63 bits per heavy atom. The molecule has 0 bridgehead atoms. The summed E-state index contributed by atoms with van der Waals surface area (Å²) in [6, 6.07) is 21.3. The Balaban J connectivity index is 1.79. The summed E-state index contributed by atoms with van der Waals surface area (Å²) in [5.74, 6) is -0.124. The van der Waals surface area contributed by atoms with Crippen LogP contribution in [0.25, 0.3) is 6.08 Å². The van der Waals surface area contributed by atoms with E-state index in [0.29, 0.717) is 17.2 Å². The summed E-state index contributed by atoms with van der Waals surface area (Å²) in [5.41, 5.74) is 3.60. The van der Waals surface area contributed by atoms with Gasteiger partial charge < -0.3 is 4.90 Å². The van der Waals surface area contributed by atoms with Crippen LogP contribution in [0.15, 0.2) is 88.0 Å². The fourth-order valence-electron chi connectivity index (χ4n) is 3.20. The van der Waals surface area contributed by atoms with Gasteiger partial charge >= 0.3 is 0 Å². The molecule has 0 aromatic heterocycles. The van der Waals surface area contributed by atoms with Crippen molar-refractivity contribution in [3.8, 4) is 0 Å². The lowest BCUT2D eigenvalue weighted by atomic mass is 10.1. The number of amidine groups is 1. The summed E-state index contributed by atoms with van der Waals surface area (Å²) in [6.45, 7) is 0. The fourth-order valence-corrected chi connectivity index (χ4v) is 3.66. The molecule has 3 aromatic rings. The van der Waals surface area contributed by atoms with Gasteiger partial charge in [0.15, 0.2) is 0 Å². The van der Waals surface area contributed by atoms with Crippen LogP contribution in [-0.2, 0) is 4.79 Å². The Kier molecular flexibility index (Phi) is 5.50. The summed E-state index contributed by atoms with van der Waals surface area (Å²) < 4.78 is 14.3. The lowest BCUT2D eigenvalue weighted by molar-refractivity contribution is -0.113. The second-order valence-corrected chi connectivity index (χ2v) is 7.90. The van der Waals surface area contributed by atoms with E-state index in [1.807, 2.05) is 67.5 Å². The van der Waals surface area contributed by atoms with Crippen LogP contribution >= 0.6 is 15.9 Å². The maximum absolute atomic E-state index is 13.5. The number of carbonyl (C=O) groups excluding carboxylic acids is 1. The highest BCUT2D eigenvalue weighted by molar-refractivity contribution is 9.10. The topological polar surface area (TPSA) is 35.9 Å². The largest absolute Gasteiger partial charge is 0.378 e. The van der Waals surface area contributed by atoms with Crippen LogP contribution in [-0.4, -0.2) is 25.8 Å². The Hall–Kier alpha value is -3.25. The third-order valence-electron chi connectivity index (χ3n) is 4.77. The standard InChI is InChI=1S/C24H19BrFN3O/c1-28(2)18-11-7-16(8-12-18)15-22-24(30)29(19-13-9-17(26)10-14-19)23(27-22)20-5-3-4-6-21(20)25/h3-15H,1-2H3/b22-15+. The van der Waals surface area contributed by atoms with Gasteiger partial charge in [-0.2, -0.15) is 0 Å². The molecule has 6 heteroatoms. The quantitative estimate of drug-likeness (QED) is 0.479. The van der Waals surface area contributed by atoms with E-state index in [2.05, 4.69) is 20.9 Å². The number of halogens is 2. The van der Waals surface area contributed by atoms with Crippen LogP contribution in [0.1, 0.15) is 11.1 Å². The minimum Gasteiger partial charge on any atom is -0.378 e. The predicted molar refractivity (Wildman–Crippen MR) is 123 cm³/mol. The highest BCUT2D eigenvalue weighted by Gasteiger charge is 2.33. The molecule has 1 aliphatic rings. The van der Waals surface area contributed by atoms with Crippen molar-refractivity contribution in [2.24, 2.45) is 4.99 Å². The molecule has 4 rings (SSSR count). The molecule has 0 spiro atoms. The van der Waals surface area contributed by atoms with Crippen molar-refractivity contribution in [1.82, 2.24) is 0 Å². The van der Waals surface area contributed by atoms with Crippen LogP contribution in [0.3, 0.4) is 0 Å². The first-order chi connectivity index (χ1) is 14.4. The SMILES string of the molecule is CN(C)c1ccc(/C=C2/N=C(c3ccccc3Br)N(c3ccc(F)cc3)C2=O)cc1. The summed E-state index contributed by atoms with van der Waals surface area (Å²) >= 11 is 3.54. The van der Waals surface area contributed by atoms with E-state index in [0.717, 1.165) is 21.3 Å². The Labute approximate surface area is 183 Å². The Morgan fingerprint density at radius 1 is 0.967 bits per heavy atom. The minimum absolute atomic E-state index is 0.260. The zero-order valence-corrected chi connectivity index (χ0v) is 18.1. The molecule has 150 valence electrons. The van der Waals surface area contributed by atoms with Crippen LogP contribution in [0.2, 0.25) is 0 Å². The molecule has 3 aromatic carbocycles. The smallest absolute Gasteiger partial charge is 0.282 e. The molecule has 4 nitrogen and oxygen atoms in total. The average Bonchev–Trinajstić information content (AvgIpc) is 3.05. The molecule has 0 saturated carbocycles. The molecule has 1 heterocycles. The van der Waals surface area contributed by atoms with E-state index in [9.17, 15) is 9.18 Å². The van der Waals surface area contributed by atoms with Crippen LogP contribution in [0.4, 0.5) is 15.8 Å². The molecule has 0 fully saturated rings. The summed E-state index contributed by atoms with van der Waals surface area (Å²) in [6.07, 6.45) is 1.77. The molecule has 30 heavy (non-hydrogen) atoms. The first-order valence-electron chi connectivity index (χ1n) is 9.37. The van der Waals surface area contributed by atoms with E-state index < -0.39 is 0 Å². The van der Waals surface area contributed by atoms with Gasteiger partial charge in [0.2, 0.25) is 0 Å². The first-order valence-corrected chi connectivity index (χ1v) is 10.2. The monoisotopic (exact) mass is 463 g/mol. The molecule has 1 aliphatic heterocycles. The first kappa shape index (κ1) is 20.0. The molecular weight excluding hydrogens is 445 g/mol. The highest BCUT2D eigenvalue weighted by atomic mass is 79.9. The van der Waals surface area contributed by atoms with Crippen LogP contribution < -0.4 is 9.80 Å². The number of aliphatic imine (C=N–C) groups is 1. The van der Waals surface area contributed by atoms with E-state index in [4.69, 9.17) is 0 Å². The van der Waals surface area contributed by atoms with E-state index in [-0.39, 0.29) is 11.7 Å². The third kappa shape index (κ3) is 3.91. The number of nitrogens with zero attached hydrogens (tertiary/aromatic N) is 3. The third-order valence-corrected chi connectivity index (χ3v) is 5.46. The number of carbonyl (C=O) groups is 1. The second kappa shape index (κ2) is 8.24. The number of benzene rings is 3. The number of rotatable bonds is 4. The molecule has 0 atom stereocenters. The van der Waals surface area contributed by atoms with Gasteiger partial charge in [0.25, 0.3) is 5.91 Å². The van der Waals surface area contributed by atoms with Gasteiger partial charge in [-0.05, 0) is 54.1 Å². The normalized spacial score (nSPS) is 14.9. The number of hydrogen-bond donors (Lipinski definition) is 0. The van der Waals surface area contributed by atoms with Crippen molar-refractivity contribution in [3.05, 3.63) is 99.9 Å². The molecule has 0 N–H and O–H groups in total. The zero-order valence-electron chi connectivity index (χ0n) is 16.5. The van der Waals surface area contributed by atoms with Gasteiger partial charge in [0, 0.05) is 29.8 Å². The fraction of sp³-hybridized carbons (Fsp3) is 0.0833. The average molecular weight is 464 g/mol. The Bertz CT molecular complexity index is 1150. The molecule has 1 amide bonds. The van der Waals surface area contributed by atoms with Crippen molar-refractivity contribution in [2.75, 3.05) is 23.9 Å². The van der Waals surface area contributed by atoms with Gasteiger partial charge in [-0.3, -0.25) is 9.69 Å². The summed E-state index contributed by atoms with van der Waals surface area (Å²) in [5, 5.41) is 0. The van der Waals surface area contributed by atoms with Gasteiger partial charge in [-0.15, -0.1) is 0 Å². The lowest BCUT2D eigenvalue weighted by Crippen LogP contribution is -2.32. The molecule has 0 unspecified atom stereocenters. The molecule has 0 aliphatic carbocycles. The molecule has 0 saturated heterocycles. The van der Waals surface area contributed by atoms with Gasteiger partial charge in [-0.25, -0.2) is 9.38 Å². The zero-order chi connectivity index (χ0) is 21.3. The second-order valence-electron chi connectivity index (χ2n) is 7.05. The number of anilines is 2. The predicted octanol–water partition coefficient (Wildman–Crippen LogP) is 5.49. The van der Waals surface area contributed by atoms with Gasteiger partial charge in [-0.1, -0.05) is 46.3 Å². The summed E-state index contributed by atoms with van der Waals surface area (Å²) in [4.78, 5) is 21.5. The maximum atomic E-state index is 13.5. The van der Waals surface area contributed by atoms with E-state index in [1.165, 1.54) is 17.0 Å². The lowest BCUT2D eigenvalue weighted by Gasteiger charge is -2.19. The van der Waals surface area contributed by atoms with E-state index in [1.54, 1.807) is 18.2 Å². The van der Waals surface area contributed by atoms with Crippen molar-refractivity contribution >= 4 is 45.1 Å². The number of hydrogen-bond acceptors (Lipinski definition) is 3. The number of amides is 1. The Morgan fingerprint density at radius 3 is 2.27 bits per heavy atom. The van der Waals surface area contributed by atoms with Crippen molar-refractivity contribution < 1.29 is 9.18 Å². The maximum Gasteiger partial charge on any atom is 0.282 e. The van der Waals surface area contributed by atoms with Gasteiger partial charge in [0.05, 0.1) is 5.69 Å².